The van der Waals surface area contributed by atoms with Crippen LogP contribution >= 0.6 is 0 Å². The highest BCUT2D eigenvalue weighted by atomic mass is 14.6. The number of hydrogen-bond acceptors (Lipinski definition) is 0. The molecule has 1 aromatic carbocycles. The predicted octanol–water partition coefficient (Wildman–Crippen LogP) is 5.85. The van der Waals surface area contributed by atoms with Gasteiger partial charge in [-0.15, -0.1) is 0 Å². The molecule has 19 heavy (non-hydrogen) atoms. The van der Waals surface area contributed by atoms with E-state index in [0.29, 0.717) is 10.8 Å². The van der Waals surface area contributed by atoms with Crippen molar-refractivity contribution in [1.29, 1.82) is 0 Å². The third-order valence-corrected chi connectivity index (χ3v) is 6.61. The summed E-state index contributed by atoms with van der Waals surface area (Å²) < 4.78 is 0. The summed E-state index contributed by atoms with van der Waals surface area (Å²) >= 11 is 0. The van der Waals surface area contributed by atoms with Gasteiger partial charge in [0.2, 0.25) is 0 Å². The Bertz CT molecular complexity index is 457. The summed E-state index contributed by atoms with van der Waals surface area (Å²) in [6, 6.07) is 9.11. The first-order valence-corrected chi connectivity index (χ1v) is 8.12. The lowest BCUT2D eigenvalue weighted by Gasteiger charge is -2.58. The summed E-state index contributed by atoms with van der Waals surface area (Å²) in [5, 5.41) is 0. The molecule has 2 aliphatic rings. The third-order valence-electron chi connectivity index (χ3n) is 6.61. The number of hydrogen-bond donors (Lipinski definition) is 0. The summed E-state index contributed by atoms with van der Waals surface area (Å²) in [5.74, 6) is 0.785. The van der Waals surface area contributed by atoms with Crippen LogP contribution in [-0.2, 0) is 0 Å². The summed E-state index contributed by atoms with van der Waals surface area (Å²) in [7, 11) is 0. The SMILES string of the molecule is Cc1ccccc1C1CCC[C@@]2(C)CCCC[C@@]12C. The Morgan fingerprint density at radius 2 is 1.63 bits per heavy atom. The van der Waals surface area contributed by atoms with Gasteiger partial charge in [-0.2, -0.15) is 0 Å². The number of fused-ring (bicyclic) bond motifs is 1. The fourth-order valence-electron chi connectivity index (χ4n) is 5.09. The maximum Gasteiger partial charge on any atom is -0.0100 e. The van der Waals surface area contributed by atoms with Crippen LogP contribution < -0.4 is 0 Å². The molecule has 0 amide bonds. The van der Waals surface area contributed by atoms with E-state index in [1.54, 1.807) is 5.56 Å². The molecule has 3 atom stereocenters. The Hall–Kier alpha value is -0.780. The first-order valence-electron chi connectivity index (χ1n) is 8.12. The Balaban J connectivity index is 2.03. The summed E-state index contributed by atoms with van der Waals surface area (Å²) in [6.07, 6.45) is 10.0. The standard InChI is InChI=1S/C19H28/c1-15-9-4-5-10-16(15)17-11-8-13-18(2)12-6-7-14-19(17,18)3/h4-5,9-10,17H,6-8,11-14H2,1-3H3/t17?,18-,19+/m1/s1. The van der Waals surface area contributed by atoms with Crippen LogP contribution in [0.1, 0.15) is 75.8 Å². The van der Waals surface area contributed by atoms with Crippen molar-refractivity contribution in [2.75, 3.05) is 0 Å². The van der Waals surface area contributed by atoms with Crippen LogP contribution in [0.4, 0.5) is 0 Å². The molecule has 0 heteroatoms. The van der Waals surface area contributed by atoms with Gasteiger partial charge in [0.15, 0.2) is 0 Å². The Morgan fingerprint density at radius 1 is 0.947 bits per heavy atom. The van der Waals surface area contributed by atoms with E-state index in [9.17, 15) is 0 Å². The van der Waals surface area contributed by atoms with Crippen molar-refractivity contribution in [2.24, 2.45) is 10.8 Å². The van der Waals surface area contributed by atoms with Gasteiger partial charge >= 0.3 is 0 Å². The molecule has 0 N–H and O–H groups in total. The molecule has 0 spiro atoms. The zero-order valence-corrected chi connectivity index (χ0v) is 12.8. The first kappa shape index (κ1) is 13.2. The molecule has 2 aliphatic carbocycles. The highest BCUT2D eigenvalue weighted by Gasteiger charge is 2.52. The molecule has 104 valence electrons. The number of aryl methyl sites for hydroxylation is 1. The van der Waals surface area contributed by atoms with Crippen molar-refractivity contribution in [3.05, 3.63) is 35.4 Å². The van der Waals surface area contributed by atoms with Crippen LogP contribution in [0, 0.1) is 17.8 Å². The van der Waals surface area contributed by atoms with Gasteiger partial charge in [-0.1, -0.05) is 57.4 Å². The highest BCUT2D eigenvalue weighted by molar-refractivity contribution is 5.32. The predicted molar refractivity (Wildman–Crippen MR) is 82.5 cm³/mol. The fraction of sp³-hybridized carbons (Fsp3) is 0.684. The average Bonchev–Trinajstić information content (AvgIpc) is 2.39. The van der Waals surface area contributed by atoms with E-state index in [2.05, 4.69) is 45.0 Å². The Morgan fingerprint density at radius 3 is 2.42 bits per heavy atom. The van der Waals surface area contributed by atoms with E-state index in [1.807, 2.05) is 0 Å². The zero-order chi connectivity index (χ0) is 13.5. The van der Waals surface area contributed by atoms with Crippen molar-refractivity contribution < 1.29 is 0 Å². The minimum Gasteiger partial charge on any atom is -0.0620 e. The second-order valence-electron chi connectivity index (χ2n) is 7.49. The van der Waals surface area contributed by atoms with Crippen LogP contribution in [0.3, 0.4) is 0 Å². The summed E-state index contributed by atoms with van der Waals surface area (Å²) in [4.78, 5) is 0. The van der Waals surface area contributed by atoms with Gasteiger partial charge in [0.1, 0.15) is 0 Å². The lowest BCUT2D eigenvalue weighted by molar-refractivity contribution is -0.0456. The lowest BCUT2D eigenvalue weighted by atomic mass is 9.47. The number of rotatable bonds is 1. The molecule has 1 unspecified atom stereocenters. The van der Waals surface area contributed by atoms with E-state index in [-0.39, 0.29) is 0 Å². The first-order chi connectivity index (χ1) is 9.07. The van der Waals surface area contributed by atoms with Gasteiger partial charge in [0.05, 0.1) is 0 Å². The van der Waals surface area contributed by atoms with E-state index < -0.39 is 0 Å². The van der Waals surface area contributed by atoms with Gasteiger partial charge in [0, 0.05) is 0 Å². The van der Waals surface area contributed by atoms with Gasteiger partial charge < -0.3 is 0 Å². The molecule has 0 bridgehead atoms. The second-order valence-corrected chi connectivity index (χ2v) is 7.49. The molecule has 0 aliphatic heterocycles. The topological polar surface area (TPSA) is 0 Å². The smallest absolute Gasteiger partial charge is 0.0100 e. The average molecular weight is 256 g/mol. The third kappa shape index (κ3) is 1.95. The molecular formula is C19H28. The summed E-state index contributed by atoms with van der Waals surface area (Å²) in [6.45, 7) is 7.48. The van der Waals surface area contributed by atoms with Crippen LogP contribution in [0.15, 0.2) is 24.3 Å². The van der Waals surface area contributed by atoms with Crippen molar-refractivity contribution in [3.63, 3.8) is 0 Å². The van der Waals surface area contributed by atoms with E-state index >= 15 is 0 Å². The van der Waals surface area contributed by atoms with Gasteiger partial charge in [0.25, 0.3) is 0 Å². The molecule has 0 nitrogen and oxygen atoms in total. The normalized spacial score (nSPS) is 38.8. The number of benzene rings is 1. The molecule has 1 aromatic rings. The maximum atomic E-state index is 2.60. The monoisotopic (exact) mass is 256 g/mol. The second kappa shape index (κ2) is 4.65. The largest absolute Gasteiger partial charge is 0.0620 e. The molecule has 3 rings (SSSR count). The molecule has 2 saturated carbocycles. The van der Waals surface area contributed by atoms with E-state index in [1.165, 1.54) is 50.5 Å². The molecule has 0 radical (unpaired) electrons. The highest BCUT2D eigenvalue weighted by Crippen LogP contribution is 2.64. The quantitative estimate of drug-likeness (QED) is 0.591. The zero-order valence-electron chi connectivity index (χ0n) is 12.8. The van der Waals surface area contributed by atoms with Crippen molar-refractivity contribution in [3.8, 4) is 0 Å². The minimum atomic E-state index is 0.523. The van der Waals surface area contributed by atoms with Gasteiger partial charge in [-0.3, -0.25) is 0 Å². The maximum absolute atomic E-state index is 2.60. The Kier molecular flexibility index (Phi) is 3.23. The van der Waals surface area contributed by atoms with E-state index in [0.717, 1.165) is 5.92 Å². The van der Waals surface area contributed by atoms with Crippen LogP contribution in [0.25, 0.3) is 0 Å². The summed E-state index contributed by atoms with van der Waals surface area (Å²) in [5.41, 5.74) is 4.24. The van der Waals surface area contributed by atoms with Gasteiger partial charge in [-0.05, 0) is 60.5 Å². The molecule has 0 aromatic heterocycles. The van der Waals surface area contributed by atoms with Gasteiger partial charge in [-0.25, -0.2) is 0 Å². The molecule has 0 heterocycles. The molecular weight excluding hydrogens is 228 g/mol. The van der Waals surface area contributed by atoms with Crippen LogP contribution in [0.5, 0.6) is 0 Å². The Labute approximate surface area is 118 Å². The van der Waals surface area contributed by atoms with Crippen molar-refractivity contribution in [2.45, 2.75) is 71.6 Å². The van der Waals surface area contributed by atoms with Crippen molar-refractivity contribution >= 4 is 0 Å². The van der Waals surface area contributed by atoms with E-state index in [4.69, 9.17) is 0 Å². The fourth-order valence-corrected chi connectivity index (χ4v) is 5.09. The lowest BCUT2D eigenvalue weighted by Crippen LogP contribution is -2.47. The van der Waals surface area contributed by atoms with Crippen LogP contribution in [0.2, 0.25) is 0 Å². The van der Waals surface area contributed by atoms with Crippen molar-refractivity contribution in [1.82, 2.24) is 0 Å². The molecule has 0 saturated heterocycles. The minimum absolute atomic E-state index is 0.523. The van der Waals surface area contributed by atoms with Crippen LogP contribution in [-0.4, -0.2) is 0 Å². The molecule has 2 fully saturated rings.